The van der Waals surface area contributed by atoms with Gasteiger partial charge in [-0.2, -0.15) is 0 Å². The molecular formula is C16H15NO2S. The lowest BCUT2D eigenvalue weighted by Crippen LogP contribution is -2.27. The fraction of sp³-hybridized carbons (Fsp3) is 0.250. The van der Waals surface area contributed by atoms with Crippen molar-refractivity contribution in [3.63, 3.8) is 0 Å². The van der Waals surface area contributed by atoms with Crippen molar-refractivity contribution in [2.75, 3.05) is 5.32 Å². The van der Waals surface area contributed by atoms with Crippen LogP contribution in [0.2, 0.25) is 0 Å². The van der Waals surface area contributed by atoms with E-state index in [1.165, 1.54) is 11.3 Å². The first-order valence-electron chi connectivity index (χ1n) is 6.46. The summed E-state index contributed by atoms with van der Waals surface area (Å²) in [5.41, 5.74) is 2.74. The summed E-state index contributed by atoms with van der Waals surface area (Å²) in [5.74, 6) is -0.000137. The Morgan fingerprint density at radius 1 is 1.25 bits per heavy atom. The van der Waals surface area contributed by atoms with E-state index in [1.807, 2.05) is 44.4 Å². The van der Waals surface area contributed by atoms with Gasteiger partial charge in [0.1, 0.15) is 0 Å². The molecule has 0 atom stereocenters. The second-order valence-corrected chi connectivity index (χ2v) is 6.52. The molecule has 3 rings (SSSR count). The molecule has 1 aliphatic heterocycles. The van der Waals surface area contributed by atoms with Gasteiger partial charge >= 0.3 is 0 Å². The second kappa shape index (κ2) is 4.28. The number of nitrogens with one attached hydrogen (secondary N) is 1. The molecule has 0 saturated carbocycles. The number of fused-ring (bicyclic) bond motifs is 1. The van der Waals surface area contributed by atoms with Crippen LogP contribution in [0.1, 0.15) is 40.2 Å². The minimum atomic E-state index is -0.587. The maximum atomic E-state index is 12.5. The van der Waals surface area contributed by atoms with Crippen LogP contribution in [0.25, 0.3) is 0 Å². The van der Waals surface area contributed by atoms with Crippen LogP contribution in [0.15, 0.2) is 29.6 Å². The molecule has 1 N–H and O–H groups in total. The minimum Gasteiger partial charge on any atom is -0.325 e. The zero-order valence-electron chi connectivity index (χ0n) is 11.6. The highest BCUT2D eigenvalue weighted by Gasteiger charge is 2.38. The van der Waals surface area contributed by atoms with Crippen LogP contribution in [0.5, 0.6) is 0 Å². The van der Waals surface area contributed by atoms with Gasteiger partial charge in [-0.05, 0) is 61.5 Å². The highest BCUT2D eigenvalue weighted by molar-refractivity contribution is 7.12. The molecule has 0 saturated heterocycles. The van der Waals surface area contributed by atoms with Crippen LogP contribution in [-0.2, 0) is 10.2 Å². The number of ketones is 1. The molecule has 1 amide bonds. The van der Waals surface area contributed by atoms with Gasteiger partial charge in [-0.15, -0.1) is 11.3 Å². The number of carbonyl (C=O) groups excluding carboxylic acids is 2. The molecule has 0 aliphatic carbocycles. The van der Waals surface area contributed by atoms with Crippen molar-refractivity contribution >= 4 is 28.7 Å². The third-order valence-corrected chi connectivity index (χ3v) is 4.85. The van der Waals surface area contributed by atoms with Crippen LogP contribution < -0.4 is 5.32 Å². The van der Waals surface area contributed by atoms with E-state index < -0.39 is 5.41 Å². The SMILES string of the molecule is Cc1ccsc1C(=O)c1ccc2c(c1)C(C)(C)C(=O)N2. The highest BCUT2D eigenvalue weighted by Crippen LogP contribution is 2.38. The Labute approximate surface area is 121 Å². The predicted molar refractivity (Wildman–Crippen MR) is 80.6 cm³/mol. The van der Waals surface area contributed by atoms with Crippen molar-refractivity contribution in [1.82, 2.24) is 0 Å². The summed E-state index contributed by atoms with van der Waals surface area (Å²) in [4.78, 5) is 25.2. The van der Waals surface area contributed by atoms with E-state index in [2.05, 4.69) is 5.32 Å². The summed E-state index contributed by atoms with van der Waals surface area (Å²) in [7, 11) is 0. The summed E-state index contributed by atoms with van der Waals surface area (Å²) in [6, 6.07) is 7.38. The molecule has 0 unspecified atom stereocenters. The fourth-order valence-corrected chi connectivity index (χ4v) is 3.34. The summed E-state index contributed by atoms with van der Waals surface area (Å²) in [6.45, 7) is 5.68. The number of thiophene rings is 1. The van der Waals surface area contributed by atoms with Crippen LogP contribution >= 0.6 is 11.3 Å². The van der Waals surface area contributed by atoms with Gasteiger partial charge < -0.3 is 5.32 Å². The molecule has 0 radical (unpaired) electrons. The van der Waals surface area contributed by atoms with E-state index >= 15 is 0 Å². The number of benzene rings is 1. The van der Waals surface area contributed by atoms with Crippen LogP contribution in [0.3, 0.4) is 0 Å². The first-order chi connectivity index (χ1) is 9.41. The Morgan fingerprint density at radius 2 is 2.00 bits per heavy atom. The van der Waals surface area contributed by atoms with Gasteiger partial charge in [0.15, 0.2) is 0 Å². The number of amides is 1. The number of carbonyl (C=O) groups is 2. The Kier molecular flexibility index (Phi) is 2.80. The van der Waals surface area contributed by atoms with Gasteiger partial charge in [-0.3, -0.25) is 9.59 Å². The maximum Gasteiger partial charge on any atom is 0.234 e. The summed E-state index contributed by atoms with van der Waals surface area (Å²) >= 11 is 1.45. The summed E-state index contributed by atoms with van der Waals surface area (Å²) in [5, 5.41) is 4.77. The number of rotatable bonds is 2. The van der Waals surface area contributed by atoms with Crippen LogP contribution in [-0.4, -0.2) is 11.7 Å². The largest absolute Gasteiger partial charge is 0.325 e. The number of hydrogen-bond donors (Lipinski definition) is 1. The minimum absolute atomic E-state index is 0.0236. The molecule has 3 nitrogen and oxygen atoms in total. The molecule has 1 aromatic heterocycles. The molecule has 20 heavy (non-hydrogen) atoms. The molecule has 1 aliphatic rings. The standard InChI is InChI=1S/C16H15NO2S/c1-9-6-7-20-14(9)13(18)10-4-5-12-11(8-10)16(2,3)15(19)17-12/h4-8H,1-3H3,(H,17,19). The summed E-state index contributed by atoms with van der Waals surface area (Å²) in [6.07, 6.45) is 0. The lowest BCUT2D eigenvalue weighted by molar-refractivity contribution is -0.119. The maximum absolute atomic E-state index is 12.5. The topological polar surface area (TPSA) is 46.2 Å². The van der Waals surface area contributed by atoms with Gasteiger partial charge in [0.25, 0.3) is 0 Å². The average molecular weight is 285 g/mol. The average Bonchev–Trinajstić information content (AvgIpc) is 2.92. The van der Waals surface area contributed by atoms with Gasteiger partial charge in [0.05, 0.1) is 10.3 Å². The van der Waals surface area contributed by atoms with E-state index in [9.17, 15) is 9.59 Å². The van der Waals surface area contributed by atoms with E-state index in [0.29, 0.717) is 5.56 Å². The van der Waals surface area contributed by atoms with Crippen molar-refractivity contribution in [3.05, 3.63) is 51.2 Å². The number of hydrogen-bond acceptors (Lipinski definition) is 3. The van der Waals surface area contributed by atoms with Crippen molar-refractivity contribution in [2.24, 2.45) is 0 Å². The quantitative estimate of drug-likeness (QED) is 0.858. The molecule has 2 heterocycles. The first kappa shape index (κ1) is 13.1. The Morgan fingerprint density at radius 3 is 2.65 bits per heavy atom. The monoisotopic (exact) mass is 285 g/mol. The van der Waals surface area contributed by atoms with E-state index in [4.69, 9.17) is 0 Å². The van der Waals surface area contributed by atoms with Crippen molar-refractivity contribution in [2.45, 2.75) is 26.2 Å². The fourth-order valence-electron chi connectivity index (χ4n) is 2.45. The Balaban J connectivity index is 2.07. The zero-order chi connectivity index (χ0) is 14.5. The van der Waals surface area contributed by atoms with Crippen molar-refractivity contribution < 1.29 is 9.59 Å². The second-order valence-electron chi connectivity index (χ2n) is 5.60. The zero-order valence-corrected chi connectivity index (χ0v) is 12.4. The third kappa shape index (κ3) is 1.79. The third-order valence-electron chi connectivity index (χ3n) is 3.84. The molecule has 102 valence electrons. The van der Waals surface area contributed by atoms with Gasteiger partial charge in [-0.25, -0.2) is 0 Å². The molecule has 4 heteroatoms. The molecule has 0 fully saturated rings. The number of aryl methyl sites for hydroxylation is 1. The van der Waals surface area contributed by atoms with E-state index in [0.717, 1.165) is 21.7 Å². The first-order valence-corrected chi connectivity index (χ1v) is 7.34. The lowest BCUT2D eigenvalue weighted by atomic mass is 9.85. The Bertz CT molecular complexity index is 728. The Hall–Kier alpha value is -1.94. The molecular weight excluding hydrogens is 270 g/mol. The van der Waals surface area contributed by atoms with Crippen LogP contribution in [0.4, 0.5) is 5.69 Å². The van der Waals surface area contributed by atoms with Gasteiger partial charge in [0.2, 0.25) is 11.7 Å². The number of anilines is 1. The summed E-state index contributed by atoms with van der Waals surface area (Å²) < 4.78 is 0. The highest BCUT2D eigenvalue weighted by atomic mass is 32.1. The normalized spacial score (nSPS) is 15.8. The lowest BCUT2D eigenvalue weighted by Gasteiger charge is -2.15. The molecule has 0 spiro atoms. The van der Waals surface area contributed by atoms with Gasteiger partial charge in [0, 0.05) is 11.3 Å². The van der Waals surface area contributed by atoms with E-state index in [-0.39, 0.29) is 11.7 Å². The predicted octanol–water partition coefficient (Wildman–Crippen LogP) is 3.52. The molecule has 1 aromatic carbocycles. The molecule has 0 bridgehead atoms. The van der Waals surface area contributed by atoms with Crippen molar-refractivity contribution in [3.8, 4) is 0 Å². The van der Waals surface area contributed by atoms with E-state index in [1.54, 1.807) is 6.07 Å². The van der Waals surface area contributed by atoms with Gasteiger partial charge in [-0.1, -0.05) is 0 Å². The smallest absolute Gasteiger partial charge is 0.234 e. The van der Waals surface area contributed by atoms with Crippen molar-refractivity contribution in [1.29, 1.82) is 0 Å². The van der Waals surface area contributed by atoms with Crippen LogP contribution in [0, 0.1) is 6.92 Å². The molecule has 2 aromatic rings.